The summed E-state index contributed by atoms with van der Waals surface area (Å²) in [5.74, 6) is 0.352. The Morgan fingerprint density at radius 1 is 1.03 bits per heavy atom. The van der Waals surface area contributed by atoms with Crippen LogP contribution in [0.15, 0.2) is 66.7 Å². The van der Waals surface area contributed by atoms with Gasteiger partial charge in [-0.25, -0.2) is 0 Å². The second-order valence-electron chi connectivity index (χ2n) is 10.00. The maximum Gasteiger partial charge on any atom is 0.251 e. The predicted molar refractivity (Wildman–Crippen MR) is 148 cm³/mol. The number of benzene rings is 3. The van der Waals surface area contributed by atoms with E-state index in [2.05, 4.69) is 40.5 Å². The van der Waals surface area contributed by atoms with Gasteiger partial charge in [-0.3, -0.25) is 9.59 Å². The number of nitrogens with zero attached hydrogens (tertiary/aromatic N) is 1. The number of anilines is 1. The highest BCUT2D eigenvalue weighted by Crippen LogP contribution is 2.30. The van der Waals surface area contributed by atoms with Crippen LogP contribution in [0.2, 0.25) is 0 Å². The van der Waals surface area contributed by atoms with E-state index in [1.54, 1.807) is 7.11 Å². The number of fused-ring (bicyclic) bond motifs is 1. The Bertz CT molecular complexity index is 1240. The van der Waals surface area contributed by atoms with Gasteiger partial charge in [0.25, 0.3) is 5.91 Å². The smallest absolute Gasteiger partial charge is 0.251 e. The number of ether oxygens (including phenoxy) is 1. The minimum absolute atomic E-state index is 0.0727. The van der Waals surface area contributed by atoms with Crippen LogP contribution in [0.25, 0.3) is 0 Å². The molecule has 0 aromatic heterocycles. The molecule has 0 bridgehead atoms. The van der Waals surface area contributed by atoms with Gasteiger partial charge in [0.1, 0.15) is 5.75 Å². The van der Waals surface area contributed by atoms with Crippen molar-refractivity contribution in [3.8, 4) is 5.75 Å². The monoisotopic (exact) mass is 499 g/mol. The van der Waals surface area contributed by atoms with Crippen molar-refractivity contribution >= 4 is 17.5 Å². The summed E-state index contributed by atoms with van der Waals surface area (Å²) >= 11 is 0. The van der Waals surface area contributed by atoms with Gasteiger partial charge < -0.3 is 20.7 Å². The first-order valence-electron chi connectivity index (χ1n) is 13.0. The molecule has 6 heteroatoms. The van der Waals surface area contributed by atoms with E-state index < -0.39 is 0 Å². The zero-order chi connectivity index (χ0) is 26.4. The molecule has 0 spiro atoms. The van der Waals surface area contributed by atoms with Gasteiger partial charge >= 0.3 is 0 Å². The summed E-state index contributed by atoms with van der Waals surface area (Å²) in [5, 5.41) is 3.12. The standard InChI is InChI=1S/C31H37N3O3/c1-21(30(32)35)9-10-23-11-13-24(14-12-23)20-34-17-5-7-26-18-27(15-16-29(26)34)31(36)33-22(2)25-6-4-8-28(19-25)37-3/h4,6,8,11-16,18-19,21-22H,5,7,9-10,17,20H2,1-3H3,(H2,32,35)(H,33,36)/t21?,22-/m0/s1. The van der Waals surface area contributed by atoms with Gasteiger partial charge in [0, 0.05) is 30.3 Å². The number of nitrogens with one attached hydrogen (secondary N) is 1. The van der Waals surface area contributed by atoms with Gasteiger partial charge in [-0.05, 0) is 85.2 Å². The summed E-state index contributed by atoms with van der Waals surface area (Å²) < 4.78 is 5.31. The van der Waals surface area contributed by atoms with Crippen LogP contribution in [0.1, 0.15) is 65.3 Å². The van der Waals surface area contributed by atoms with Crippen molar-refractivity contribution in [3.05, 3.63) is 94.5 Å². The Balaban J connectivity index is 1.39. The Labute approximate surface area is 219 Å². The van der Waals surface area contributed by atoms with Crippen molar-refractivity contribution in [2.24, 2.45) is 11.7 Å². The average molecular weight is 500 g/mol. The molecule has 3 aromatic carbocycles. The number of amides is 2. The lowest BCUT2D eigenvalue weighted by molar-refractivity contribution is -0.121. The second kappa shape index (κ2) is 12.0. The Morgan fingerprint density at radius 3 is 2.51 bits per heavy atom. The molecule has 1 unspecified atom stereocenters. The van der Waals surface area contributed by atoms with Gasteiger partial charge in [0.2, 0.25) is 5.91 Å². The van der Waals surface area contributed by atoms with Crippen LogP contribution in [0.4, 0.5) is 5.69 Å². The molecule has 0 saturated heterocycles. The highest BCUT2D eigenvalue weighted by Gasteiger charge is 2.20. The molecule has 1 aliphatic heterocycles. The summed E-state index contributed by atoms with van der Waals surface area (Å²) in [5.41, 5.74) is 11.9. The summed E-state index contributed by atoms with van der Waals surface area (Å²) in [6, 6.07) is 22.3. The molecule has 0 aliphatic carbocycles. The Hall–Kier alpha value is -3.80. The lowest BCUT2D eigenvalue weighted by atomic mass is 9.97. The number of hydrogen-bond donors (Lipinski definition) is 2. The molecule has 37 heavy (non-hydrogen) atoms. The number of methoxy groups -OCH3 is 1. The normalized spacial score (nSPS) is 14.4. The average Bonchev–Trinajstić information content (AvgIpc) is 2.92. The van der Waals surface area contributed by atoms with Crippen LogP contribution in [-0.4, -0.2) is 25.5 Å². The van der Waals surface area contributed by atoms with Gasteiger partial charge in [0.05, 0.1) is 13.2 Å². The lowest BCUT2D eigenvalue weighted by Gasteiger charge is -2.32. The Kier molecular flexibility index (Phi) is 8.49. The highest BCUT2D eigenvalue weighted by atomic mass is 16.5. The molecular weight excluding hydrogens is 462 g/mol. The third-order valence-corrected chi connectivity index (χ3v) is 7.25. The molecule has 6 nitrogen and oxygen atoms in total. The van der Waals surface area contributed by atoms with E-state index in [1.165, 1.54) is 22.4 Å². The number of rotatable bonds is 10. The third kappa shape index (κ3) is 6.70. The summed E-state index contributed by atoms with van der Waals surface area (Å²) in [4.78, 5) is 26.7. The van der Waals surface area contributed by atoms with Crippen molar-refractivity contribution in [1.29, 1.82) is 0 Å². The van der Waals surface area contributed by atoms with Crippen molar-refractivity contribution in [3.63, 3.8) is 0 Å². The van der Waals surface area contributed by atoms with Gasteiger partial charge in [-0.15, -0.1) is 0 Å². The fourth-order valence-corrected chi connectivity index (χ4v) is 4.81. The second-order valence-corrected chi connectivity index (χ2v) is 10.00. The van der Waals surface area contributed by atoms with Crippen molar-refractivity contribution < 1.29 is 14.3 Å². The van der Waals surface area contributed by atoms with E-state index >= 15 is 0 Å². The van der Waals surface area contributed by atoms with E-state index in [9.17, 15) is 9.59 Å². The first-order chi connectivity index (χ1) is 17.8. The van der Waals surface area contributed by atoms with Crippen LogP contribution in [0.3, 0.4) is 0 Å². The maximum absolute atomic E-state index is 13.0. The SMILES string of the molecule is COc1cccc([C@H](C)NC(=O)c2ccc3c(c2)CCCN3Cc2ccc(CCC(C)C(N)=O)cc2)c1. The number of nitrogens with two attached hydrogens (primary N) is 1. The number of hydrogen-bond acceptors (Lipinski definition) is 4. The number of aryl methyl sites for hydroxylation is 2. The first-order valence-corrected chi connectivity index (χ1v) is 13.0. The number of primary amides is 1. The zero-order valence-electron chi connectivity index (χ0n) is 22.0. The zero-order valence-corrected chi connectivity index (χ0v) is 22.0. The fourth-order valence-electron chi connectivity index (χ4n) is 4.81. The minimum Gasteiger partial charge on any atom is -0.497 e. The summed E-state index contributed by atoms with van der Waals surface area (Å²) in [6.07, 6.45) is 3.64. The van der Waals surface area contributed by atoms with E-state index in [0.717, 1.165) is 50.1 Å². The molecule has 0 fully saturated rings. The van der Waals surface area contributed by atoms with E-state index in [0.29, 0.717) is 5.56 Å². The maximum atomic E-state index is 13.0. The van der Waals surface area contributed by atoms with Gasteiger partial charge in [0.15, 0.2) is 0 Å². The van der Waals surface area contributed by atoms with Gasteiger partial charge in [-0.1, -0.05) is 43.3 Å². The van der Waals surface area contributed by atoms with Crippen LogP contribution in [0.5, 0.6) is 5.75 Å². The van der Waals surface area contributed by atoms with Crippen LogP contribution < -0.4 is 20.7 Å². The molecule has 3 aromatic rings. The molecule has 194 valence electrons. The van der Waals surface area contributed by atoms with E-state index in [-0.39, 0.29) is 23.8 Å². The molecular formula is C31H37N3O3. The fraction of sp³-hybridized carbons (Fsp3) is 0.355. The van der Waals surface area contributed by atoms with Gasteiger partial charge in [-0.2, -0.15) is 0 Å². The summed E-state index contributed by atoms with van der Waals surface area (Å²) in [7, 11) is 1.64. The Morgan fingerprint density at radius 2 is 1.78 bits per heavy atom. The number of carbonyl (C=O) groups is 2. The van der Waals surface area contributed by atoms with E-state index in [4.69, 9.17) is 10.5 Å². The molecule has 4 rings (SSSR count). The van der Waals surface area contributed by atoms with Crippen LogP contribution in [0, 0.1) is 5.92 Å². The molecule has 3 N–H and O–H groups in total. The predicted octanol–water partition coefficient (Wildman–Crippen LogP) is 5.19. The molecule has 0 saturated carbocycles. The molecule has 2 atom stereocenters. The summed E-state index contributed by atoms with van der Waals surface area (Å²) in [6.45, 7) is 5.67. The van der Waals surface area contributed by atoms with Crippen molar-refractivity contribution in [2.75, 3.05) is 18.6 Å². The molecule has 2 amide bonds. The quantitative estimate of drug-likeness (QED) is 0.402. The number of carbonyl (C=O) groups excluding carboxylic acids is 2. The van der Waals surface area contributed by atoms with Crippen LogP contribution >= 0.6 is 0 Å². The minimum atomic E-state index is -0.243. The molecule has 0 radical (unpaired) electrons. The first kappa shape index (κ1) is 26.3. The van der Waals surface area contributed by atoms with Crippen molar-refractivity contribution in [2.45, 2.75) is 52.1 Å². The molecule has 1 heterocycles. The lowest BCUT2D eigenvalue weighted by Crippen LogP contribution is -2.30. The largest absolute Gasteiger partial charge is 0.497 e. The van der Waals surface area contributed by atoms with Crippen LogP contribution in [-0.2, 0) is 24.2 Å². The van der Waals surface area contributed by atoms with E-state index in [1.807, 2.05) is 50.2 Å². The van der Waals surface area contributed by atoms with Crippen molar-refractivity contribution in [1.82, 2.24) is 5.32 Å². The topological polar surface area (TPSA) is 84.7 Å². The molecule has 1 aliphatic rings. The third-order valence-electron chi connectivity index (χ3n) is 7.25. The highest BCUT2D eigenvalue weighted by molar-refractivity contribution is 5.95.